The van der Waals surface area contributed by atoms with Gasteiger partial charge in [-0.2, -0.15) is 0 Å². The monoisotopic (exact) mass is 200 g/mol. The fourth-order valence-electron chi connectivity index (χ4n) is 1.62. The van der Waals surface area contributed by atoms with Crippen molar-refractivity contribution in [2.75, 3.05) is 0 Å². The number of hydrogen-bond donors (Lipinski definition) is 0. The first-order chi connectivity index (χ1) is 6.24. The van der Waals surface area contributed by atoms with Gasteiger partial charge in [-0.15, -0.1) is 0 Å². The minimum atomic E-state index is -0.921. The molecule has 1 rings (SSSR count). The van der Waals surface area contributed by atoms with Crippen LogP contribution in [0.2, 0.25) is 13.1 Å². The van der Waals surface area contributed by atoms with Gasteiger partial charge in [-0.25, -0.2) is 0 Å². The van der Waals surface area contributed by atoms with Crippen LogP contribution in [0.4, 0.5) is 0 Å². The summed E-state index contributed by atoms with van der Waals surface area (Å²) in [5.74, 6) is 0. The molecule has 2 nitrogen and oxygen atoms in total. The molecule has 0 aliphatic carbocycles. The maximum Gasteiger partial charge on any atom is 0.171 e. The largest absolute Gasteiger partial charge is 0.496 e. The van der Waals surface area contributed by atoms with E-state index < -0.39 is 9.04 Å². The topological polar surface area (TPSA) is 18.5 Å². The zero-order valence-corrected chi connectivity index (χ0v) is 9.98. The van der Waals surface area contributed by atoms with Gasteiger partial charge in [0.2, 0.25) is 0 Å². The fourth-order valence-corrected chi connectivity index (χ4v) is 2.69. The van der Waals surface area contributed by atoms with Gasteiger partial charge >= 0.3 is 0 Å². The van der Waals surface area contributed by atoms with Crippen LogP contribution in [-0.4, -0.2) is 21.2 Å². The molecular formula is C10H20O2Si. The molecule has 0 aromatic heterocycles. The van der Waals surface area contributed by atoms with E-state index in [9.17, 15) is 0 Å². The molecule has 1 aliphatic heterocycles. The first-order valence-electron chi connectivity index (χ1n) is 5.20. The summed E-state index contributed by atoms with van der Waals surface area (Å²) in [7, 11) is -0.921. The lowest BCUT2D eigenvalue weighted by Gasteiger charge is -2.29. The summed E-state index contributed by atoms with van der Waals surface area (Å²) >= 11 is 0. The van der Waals surface area contributed by atoms with Crippen LogP contribution in [0.5, 0.6) is 0 Å². The highest BCUT2D eigenvalue weighted by atomic mass is 28.3. The highest BCUT2D eigenvalue weighted by Crippen LogP contribution is 2.18. The molecule has 3 heteroatoms. The molecule has 1 heterocycles. The highest BCUT2D eigenvalue weighted by Gasteiger charge is 2.23. The van der Waals surface area contributed by atoms with E-state index in [4.69, 9.17) is 9.16 Å². The Kier molecular flexibility index (Phi) is 4.52. The number of allylic oxidation sites excluding steroid dienone is 1. The summed E-state index contributed by atoms with van der Waals surface area (Å²) < 4.78 is 11.5. The molecule has 0 bridgehead atoms. The van der Waals surface area contributed by atoms with E-state index in [1.54, 1.807) is 0 Å². The fraction of sp³-hybridized carbons (Fsp3) is 0.800. The van der Waals surface area contributed by atoms with Crippen LogP contribution in [0, 0.1) is 0 Å². The lowest BCUT2D eigenvalue weighted by molar-refractivity contribution is 0.0103. The molecule has 2 atom stereocenters. The van der Waals surface area contributed by atoms with Gasteiger partial charge in [-0.3, -0.25) is 0 Å². The minimum absolute atomic E-state index is 0.296. The molecule has 1 aliphatic rings. The maximum absolute atomic E-state index is 5.92. The van der Waals surface area contributed by atoms with Gasteiger partial charge in [-0.05, 0) is 38.4 Å². The Hall–Kier alpha value is -0.283. The average Bonchev–Trinajstić information content (AvgIpc) is 2.15. The van der Waals surface area contributed by atoms with E-state index >= 15 is 0 Å². The molecule has 0 radical (unpaired) electrons. The van der Waals surface area contributed by atoms with Crippen LogP contribution in [0.3, 0.4) is 0 Å². The Morgan fingerprint density at radius 3 is 2.85 bits per heavy atom. The molecule has 0 saturated carbocycles. The van der Waals surface area contributed by atoms with E-state index in [0.29, 0.717) is 12.2 Å². The Balaban J connectivity index is 2.40. The van der Waals surface area contributed by atoms with E-state index in [1.165, 1.54) is 0 Å². The quantitative estimate of drug-likeness (QED) is 0.649. The molecule has 0 aromatic carbocycles. The second kappa shape index (κ2) is 5.45. The Morgan fingerprint density at radius 2 is 2.38 bits per heavy atom. The molecule has 0 amide bonds. The maximum atomic E-state index is 5.92. The summed E-state index contributed by atoms with van der Waals surface area (Å²) in [5, 5.41) is 0. The van der Waals surface area contributed by atoms with Crippen molar-refractivity contribution in [3.05, 3.63) is 12.3 Å². The predicted octanol–water partition coefficient (Wildman–Crippen LogP) is 2.46. The lowest BCUT2D eigenvalue weighted by atomic mass is 10.1. The van der Waals surface area contributed by atoms with Crippen molar-refractivity contribution in [2.24, 2.45) is 0 Å². The van der Waals surface area contributed by atoms with Crippen molar-refractivity contribution in [1.82, 2.24) is 0 Å². The van der Waals surface area contributed by atoms with E-state index in [2.05, 4.69) is 26.1 Å². The second-order valence-electron chi connectivity index (χ2n) is 3.76. The number of hydrogen-bond acceptors (Lipinski definition) is 2. The van der Waals surface area contributed by atoms with E-state index in [0.717, 1.165) is 19.3 Å². The molecule has 0 spiro atoms. The van der Waals surface area contributed by atoms with Crippen molar-refractivity contribution in [3.63, 3.8) is 0 Å². The van der Waals surface area contributed by atoms with Crippen LogP contribution < -0.4 is 0 Å². The van der Waals surface area contributed by atoms with Crippen LogP contribution in [0.15, 0.2) is 12.3 Å². The summed E-state index contributed by atoms with van der Waals surface area (Å²) in [5.41, 5.74) is 0. The van der Waals surface area contributed by atoms with Crippen LogP contribution in [0.1, 0.15) is 26.2 Å². The van der Waals surface area contributed by atoms with Gasteiger partial charge in [0, 0.05) is 0 Å². The lowest BCUT2D eigenvalue weighted by Crippen LogP contribution is -2.34. The normalized spacial score (nSPS) is 24.5. The van der Waals surface area contributed by atoms with Gasteiger partial charge in [0.25, 0.3) is 0 Å². The number of ether oxygens (including phenoxy) is 1. The van der Waals surface area contributed by atoms with Gasteiger partial charge in [0.15, 0.2) is 9.04 Å². The third-order valence-corrected chi connectivity index (χ3v) is 3.13. The smallest absolute Gasteiger partial charge is 0.171 e. The zero-order valence-electron chi connectivity index (χ0n) is 8.82. The molecule has 0 aromatic rings. The standard InChI is InChI=1S/C10H20O2Si/c1-4-9(12-13(2)3)10-7-5-6-8-11-10/h6,8-10,13H,4-5,7H2,1-3H3. The van der Waals surface area contributed by atoms with Crippen molar-refractivity contribution < 1.29 is 9.16 Å². The number of rotatable bonds is 4. The van der Waals surface area contributed by atoms with E-state index in [-0.39, 0.29) is 0 Å². The summed E-state index contributed by atoms with van der Waals surface area (Å²) in [4.78, 5) is 0. The van der Waals surface area contributed by atoms with Crippen LogP contribution in [0.25, 0.3) is 0 Å². The summed E-state index contributed by atoms with van der Waals surface area (Å²) in [6.45, 7) is 6.59. The molecule has 13 heavy (non-hydrogen) atoms. The molecule has 0 saturated heterocycles. The highest BCUT2D eigenvalue weighted by molar-refractivity contribution is 6.48. The molecular weight excluding hydrogens is 180 g/mol. The first-order valence-corrected chi connectivity index (χ1v) is 7.98. The van der Waals surface area contributed by atoms with Crippen molar-refractivity contribution >= 4 is 9.04 Å². The SMILES string of the molecule is CCC(O[SiH](C)C)C1CCC=CO1. The van der Waals surface area contributed by atoms with Gasteiger partial charge < -0.3 is 9.16 Å². The van der Waals surface area contributed by atoms with Gasteiger partial charge in [-0.1, -0.05) is 6.92 Å². The van der Waals surface area contributed by atoms with Crippen molar-refractivity contribution in [2.45, 2.75) is 51.5 Å². The molecule has 2 unspecified atom stereocenters. The van der Waals surface area contributed by atoms with Gasteiger partial charge in [0.1, 0.15) is 6.10 Å². The molecule has 0 fully saturated rings. The minimum Gasteiger partial charge on any atom is -0.496 e. The van der Waals surface area contributed by atoms with Gasteiger partial charge in [0.05, 0.1) is 12.4 Å². The molecule has 76 valence electrons. The van der Waals surface area contributed by atoms with E-state index in [1.807, 2.05) is 6.26 Å². The zero-order chi connectivity index (χ0) is 9.68. The second-order valence-corrected chi connectivity index (χ2v) is 6.12. The average molecular weight is 200 g/mol. The Labute approximate surface area is 82.7 Å². The van der Waals surface area contributed by atoms with Crippen LogP contribution in [-0.2, 0) is 9.16 Å². The summed E-state index contributed by atoms with van der Waals surface area (Å²) in [6, 6.07) is 0. The predicted molar refractivity (Wildman–Crippen MR) is 57.3 cm³/mol. The first kappa shape index (κ1) is 10.8. The third kappa shape index (κ3) is 3.52. The van der Waals surface area contributed by atoms with Crippen LogP contribution >= 0.6 is 0 Å². The van der Waals surface area contributed by atoms with Crippen molar-refractivity contribution in [3.8, 4) is 0 Å². The summed E-state index contributed by atoms with van der Waals surface area (Å²) in [6.07, 6.45) is 7.81. The third-order valence-electron chi connectivity index (χ3n) is 2.23. The molecule has 0 N–H and O–H groups in total. The Bertz CT molecular complexity index is 168. The van der Waals surface area contributed by atoms with Crippen molar-refractivity contribution in [1.29, 1.82) is 0 Å². The Morgan fingerprint density at radius 1 is 1.62 bits per heavy atom.